The van der Waals surface area contributed by atoms with Crippen LogP contribution in [-0.2, 0) is 9.53 Å². The Bertz CT molecular complexity index is 431. The molecule has 0 spiro atoms. The lowest BCUT2D eigenvalue weighted by atomic mass is 10.2. The molecule has 0 aromatic carbocycles. The predicted molar refractivity (Wildman–Crippen MR) is 69.8 cm³/mol. The average molecular weight is 265 g/mol. The van der Waals surface area contributed by atoms with Crippen LogP contribution in [0.2, 0.25) is 0 Å². The van der Waals surface area contributed by atoms with Crippen LogP contribution in [0.5, 0.6) is 0 Å². The molecule has 0 saturated carbocycles. The highest BCUT2D eigenvalue weighted by atomic mass is 16.6. The normalized spacial score (nSPS) is 19.3. The van der Waals surface area contributed by atoms with Crippen molar-refractivity contribution in [3.8, 4) is 0 Å². The lowest BCUT2D eigenvalue weighted by Gasteiger charge is -2.27. The van der Waals surface area contributed by atoms with Crippen LogP contribution in [0, 0.1) is 0 Å². The highest BCUT2D eigenvalue weighted by molar-refractivity contribution is 6.30. The maximum atomic E-state index is 12.0. The fraction of sp³-hybridized carbons (Fsp3) is 0.615. The maximum absolute atomic E-state index is 12.0. The Balaban J connectivity index is 2.66. The van der Waals surface area contributed by atoms with Crippen molar-refractivity contribution in [3.63, 3.8) is 0 Å². The SMILES string of the molecule is CC(C)(C)OC(=O)N1CCC[C@H]1/C=C/C(=O)C=[N+]=[N-]. The van der Waals surface area contributed by atoms with Crippen molar-refractivity contribution < 1.29 is 19.1 Å². The van der Waals surface area contributed by atoms with Crippen molar-refractivity contribution in [1.29, 1.82) is 0 Å². The molecule has 0 bridgehead atoms. The summed E-state index contributed by atoms with van der Waals surface area (Å²) in [7, 11) is 0. The summed E-state index contributed by atoms with van der Waals surface area (Å²) in [5.74, 6) is -0.418. The van der Waals surface area contributed by atoms with Gasteiger partial charge >= 0.3 is 12.3 Å². The van der Waals surface area contributed by atoms with Crippen LogP contribution in [0.25, 0.3) is 5.53 Å². The zero-order chi connectivity index (χ0) is 14.5. The third kappa shape index (κ3) is 5.06. The minimum Gasteiger partial charge on any atom is -0.444 e. The Morgan fingerprint density at radius 1 is 1.42 bits per heavy atom. The van der Waals surface area contributed by atoms with Crippen molar-refractivity contribution in [2.75, 3.05) is 6.54 Å². The van der Waals surface area contributed by atoms with Crippen molar-refractivity contribution in [2.24, 2.45) is 0 Å². The van der Waals surface area contributed by atoms with Gasteiger partial charge in [-0.15, -0.1) is 0 Å². The largest absolute Gasteiger partial charge is 0.444 e. The van der Waals surface area contributed by atoms with Crippen molar-refractivity contribution in [3.05, 3.63) is 17.7 Å². The first-order valence-electron chi connectivity index (χ1n) is 6.22. The molecule has 1 saturated heterocycles. The Morgan fingerprint density at radius 2 is 2.11 bits per heavy atom. The summed E-state index contributed by atoms with van der Waals surface area (Å²) in [6, 6.07) is -0.147. The average Bonchev–Trinajstić information content (AvgIpc) is 2.72. The van der Waals surface area contributed by atoms with E-state index < -0.39 is 11.4 Å². The Morgan fingerprint density at radius 3 is 2.68 bits per heavy atom. The second-order valence-corrected chi connectivity index (χ2v) is 5.39. The molecule has 0 N–H and O–H groups in total. The van der Waals surface area contributed by atoms with Gasteiger partial charge in [0.1, 0.15) is 5.60 Å². The number of likely N-dealkylation sites (tertiary alicyclic amines) is 1. The van der Waals surface area contributed by atoms with Gasteiger partial charge in [0.25, 0.3) is 5.78 Å². The monoisotopic (exact) mass is 265 g/mol. The van der Waals surface area contributed by atoms with E-state index in [-0.39, 0.29) is 12.1 Å². The Kier molecular flexibility index (Phi) is 5.01. The number of carbonyl (C=O) groups excluding carboxylic acids is 2. The van der Waals surface area contributed by atoms with E-state index in [0.717, 1.165) is 19.1 Å². The molecule has 0 aromatic rings. The van der Waals surface area contributed by atoms with E-state index in [1.807, 2.05) is 20.8 Å². The Hall–Kier alpha value is -1.94. The van der Waals surface area contributed by atoms with Crippen LogP contribution in [0.1, 0.15) is 33.6 Å². The van der Waals surface area contributed by atoms with Crippen molar-refractivity contribution >= 4 is 18.1 Å². The van der Waals surface area contributed by atoms with E-state index in [4.69, 9.17) is 10.3 Å². The lowest BCUT2D eigenvalue weighted by Crippen LogP contribution is -2.39. The number of hydrogen-bond donors (Lipinski definition) is 0. The second-order valence-electron chi connectivity index (χ2n) is 5.39. The molecule has 1 fully saturated rings. The van der Waals surface area contributed by atoms with Crippen LogP contribution in [0.3, 0.4) is 0 Å². The third-order valence-corrected chi connectivity index (χ3v) is 2.59. The van der Waals surface area contributed by atoms with Gasteiger partial charge in [-0.1, -0.05) is 6.08 Å². The first-order valence-corrected chi connectivity index (χ1v) is 6.22. The number of amides is 1. The lowest BCUT2D eigenvalue weighted by molar-refractivity contribution is -0.111. The summed E-state index contributed by atoms with van der Waals surface area (Å²) >= 11 is 0. The van der Waals surface area contributed by atoms with E-state index in [1.54, 1.807) is 11.0 Å². The first kappa shape index (κ1) is 15.1. The minimum atomic E-state index is -0.534. The van der Waals surface area contributed by atoms with Gasteiger partial charge in [0, 0.05) is 6.54 Å². The fourth-order valence-electron chi connectivity index (χ4n) is 1.85. The molecule has 1 heterocycles. The number of allylic oxidation sites excluding steroid dienone is 1. The molecule has 1 aliphatic heterocycles. The summed E-state index contributed by atoms with van der Waals surface area (Å²) in [5, 5.41) is 0. The zero-order valence-corrected chi connectivity index (χ0v) is 11.5. The summed E-state index contributed by atoms with van der Waals surface area (Å²) < 4.78 is 5.31. The van der Waals surface area contributed by atoms with Crippen LogP contribution < -0.4 is 0 Å². The molecule has 6 nitrogen and oxygen atoms in total. The van der Waals surface area contributed by atoms with Gasteiger partial charge < -0.3 is 15.2 Å². The maximum Gasteiger partial charge on any atom is 0.410 e. The molecule has 1 rings (SSSR count). The fourth-order valence-corrected chi connectivity index (χ4v) is 1.85. The number of ether oxygens (including phenoxy) is 1. The van der Waals surface area contributed by atoms with Gasteiger partial charge in [-0.05, 0) is 39.7 Å². The zero-order valence-electron chi connectivity index (χ0n) is 11.5. The molecule has 1 atom stereocenters. The predicted octanol–water partition coefficient (Wildman–Crippen LogP) is 1.81. The number of rotatable bonds is 3. The van der Waals surface area contributed by atoms with Gasteiger partial charge in [-0.25, -0.2) is 4.79 Å². The van der Waals surface area contributed by atoms with E-state index in [2.05, 4.69) is 4.79 Å². The molecule has 1 aliphatic rings. The topological polar surface area (TPSA) is 83.0 Å². The molecular weight excluding hydrogens is 246 g/mol. The number of ketones is 1. The highest BCUT2D eigenvalue weighted by Crippen LogP contribution is 2.21. The molecule has 1 amide bonds. The van der Waals surface area contributed by atoms with Crippen molar-refractivity contribution in [1.82, 2.24) is 4.90 Å². The number of hydrogen-bond acceptors (Lipinski definition) is 3. The summed E-state index contributed by atoms with van der Waals surface area (Å²) in [5.41, 5.74) is 7.69. The van der Waals surface area contributed by atoms with E-state index >= 15 is 0 Å². The molecule has 104 valence electrons. The summed E-state index contributed by atoms with van der Waals surface area (Å²) in [6.45, 7) is 6.05. The highest BCUT2D eigenvalue weighted by Gasteiger charge is 2.30. The second kappa shape index (κ2) is 6.29. The smallest absolute Gasteiger partial charge is 0.410 e. The molecule has 0 aromatic heterocycles. The van der Waals surface area contributed by atoms with Crippen LogP contribution in [0.15, 0.2) is 12.2 Å². The van der Waals surface area contributed by atoms with Gasteiger partial charge in [-0.2, -0.15) is 4.79 Å². The van der Waals surface area contributed by atoms with E-state index in [1.165, 1.54) is 6.08 Å². The van der Waals surface area contributed by atoms with Crippen LogP contribution in [0.4, 0.5) is 4.79 Å². The quantitative estimate of drug-likeness (QED) is 0.337. The molecule has 19 heavy (non-hydrogen) atoms. The van der Waals surface area contributed by atoms with Gasteiger partial charge in [-0.3, -0.25) is 4.79 Å². The number of nitrogens with zero attached hydrogens (tertiary/aromatic N) is 3. The van der Waals surface area contributed by atoms with Gasteiger partial charge in [0.15, 0.2) is 0 Å². The summed E-state index contributed by atoms with van der Waals surface area (Å²) in [4.78, 5) is 27.4. The third-order valence-electron chi connectivity index (χ3n) is 2.59. The van der Waals surface area contributed by atoms with Crippen molar-refractivity contribution in [2.45, 2.75) is 45.3 Å². The van der Waals surface area contributed by atoms with Gasteiger partial charge in [0.2, 0.25) is 0 Å². The van der Waals surface area contributed by atoms with Crippen LogP contribution >= 0.6 is 0 Å². The van der Waals surface area contributed by atoms with E-state index in [0.29, 0.717) is 6.54 Å². The van der Waals surface area contributed by atoms with Gasteiger partial charge in [0.05, 0.1) is 6.04 Å². The molecular formula is C13H19N3O3. The minimum absolute atomic E-state index is 0.147. The Labute approximate surface area is 112 Å². The first-order chi connectivity index (χ1) is 8.83. The van der Waals surface area contributed by atoms with Crippen LogP contribution in [-0.4, -0.2) is 46.0 Å². The molecule has 0 radical (unpaired) electrons. The molecule has 0 unspecified atom stereocenters. The molecule has 0 aliphatic carbocycles. The number of carbonyl (C=O) groups is 2. The standard InChI is InChI=1S/C13H19N3O3/c1-13(2,3)19-12(18)16-8-4-5-10(16)6-7-11(17)9-15-14/h6-7,9-10H,4-5,8H2,1-3H3/b7-6+/t10-/m0/s1. The summed E-state index contributed by atoms with van der Waals surface area (Å²) in [6.07, 6.45) is 5.04. The molecule has 6 heteroatoms. The van der Waals surface area contributed by atoms with E-state index in [9.17, 15) is 9.59 Å².